The first kappa shape index (κ1) is 32.4. The van der Waals surface area contributed by atoms with Crippen LogP contribution in [0.5, 0.6) is 0 Å². The Morgan fingerprint density at radius 1 is 0.889 bits per heavy atom. The number of rotatable bonds is 7. The number of carboxylic acids is 3. The number of carboxylic acid groups (broad SMARTS) is 3. The van der Waals surface area contributed by atoms with Gasteiger partial charge in [0.25, 0.3) is 0 Å². The molecule has 0 aliphatic heterocycles. The molecule has 4 N–H and O–H groups in total. The molecule has 18 heavy (non-hydrogen) atoms. The molecule has 0 saturated heterocycles. The van der Waals surface area contributed by atoms with Gasteiger partial charge in [-0.25, -0.2) is 0 Å². The van der Waals surface area contributed by atoms with E-state index in [0.717, 1.165) is 0 Å². The molecule has 0 aliphatic carbocycles. The van der Waals surface area contributed by atoms with Crippen LogP contribution in [0.4, 0.5) is 0 Å². The molecule has 7 nitrogen and oxygen atoms in total. The van der Waals surface area contributed by atoms with Gasteiger partial charge in [-0.2, -0.15) is 0 Å². The maximum absolute atomic E-state index is 10.5. The van der Waals surface area contributed by atoms with Gasteiger partial charge >= 0.3 is 136 Å². The molecule has 0 aromatic heterocycles. The zero-order valence-corrected chi connectivity index (χ0v) is 7.27. The summed E-state index contributed by atoms with van der Waals surface area (Å²) in [6, 6.07) is -1.14. The molecule has 1 unspecified atom stereocenters. The van der Waals surface area contributed by atoms with Gasteiger partial charge in [0.15, 0.2) is 0 Å². The standard InChI is InChI=1S/C7H11NO6.4Na.4H/c9-5(10)2-1-4(7(13)14)8-3-6(11)12;;;;;;;;/h4,8H,1-3H2,(H,9,10)(H,11,12)(H,13,14);;;;;;;;. The Morgan fingerprint density at radius 2 is 1.33 bits per heavy atom. The number of carbonyl (C=O) groups is 3. The van der Waals surface area contributed by atoms with Crippen LogP contribution in [0.3, 0.4) is 0 Å². The molecule has 1 atom stereocenters. The number of hydrogen-bond donors (Lipinski definition) is 4. The van der Waals surface area contributed by atoms with E-state index in [1.54, 1.807) is 0 Å². The fourth-order valence-electron chi connectivity index (χ4n) is 0.791. The van der Waals surface area contributed by atoms with Crippen molar-refractivity contribution in [3.05, 3.63) is 0 Å². The molecule has 0 heterocycles. The Bertz CT molecular complexity index is 234. The molecule has 0 aliphatic rings. The minimum atomic E-state index is -1.26. The Kier molecular flexibility index (Phi) is 34.8. The van der Waals surface area contributed by atoms with Crippen LogP contribution in [0.1, 0.15) is 12.8 Å². The second-order valence-electron chi connectivity index (χ2n) is 2.60. The van der Waals surface area contributed by atoms with E-state index in [1.807, 2.05) is 0 Å². The van der Waals surface area contributed by atoms with Gasteiger partial charge in [-0.15, -0.1) is 0 Å². The second-order valence-corrected chi connectivity index (χ2v) is 2.60. The summed E-state index contributed by atoms with van der Waals surface area (Å²) in [6.45, 7) is -0.503. The molecule has 0 rings (SSSR count). The predicted octanol–water partition coefficient (Wildman–Crippen LogP) is -3.62. The van der Waals surface area contributed by atoms with Crippen LogP contribution in [-0.4, -0.2) is 164 Å². The first-order chi connectivity index (χ1) is 6.43. The summed E-state index contributed by atoms with van der Waals surface area (Å²) in [7, 11) is 0. The minimum absolute atomic E-state index is 0. The quantitative estimate of drug-likeness (QED) is 0.358. The summed E-state index contributed by atoms with van der Waals surface area (Å²) in [5.41, 5.74) is 0. The van der Waals surface area contributed by atoms with E-state index < -0.39 is 30.5 Å². The van der Waals surface area contributed by atoms with Crippen molar-refractivity contribution in [1.82, 2.24) is 5.32 Å². The Morgan fingerprint density at radius 3 is 1.61 bits per heavy atom. The average Bonchev–Trinajstić information content (AvgIpc) is 2.02. The summed E-state index contributed by atoms with van der Waals surface area (Å²) in [4.78, 5) is 30.7. The van der Waals surface area contributed by atoms with Gasteiger partial charge in [0.1, 0.15) is 6.04 Å². The molecule has 0 amide bonds. The van der Waals surface area contributed by atoms with E-state index in [9.17, 15) is 14.4 Å². The summed E-state index contributed by atoms with van der Waals surface area (Å²) < 4.78 is 0. The fourth-order valence-corrected chi connectivity index (χ4v) is 0.791. The van der Waals surface area contributed by atoms with Crippen LogP contribution in [0.15, 0.2) is 0 Å². The van der Waals surface area contributed by atoms with Crippen molar-refractivity contribution in [1.29, 1.82) is 0 Å². The Hall–Kier alpha value is 2.37. The van der Waals surface area contributed by atoms with Gasteiger partial charge in [0.05, 0.1) is 6.54 Å². The monoisotopic (exact) mass is 301 g/mol. The van der Waals surface area contributed by atoms with Gasteiger partial charge in [0.2, 0.25) is 0 Å². The Balaban J connectivity index is -0.000000141. The first-order valence-corrected chi connectivity index (χ1v) is 3.83. The van der Waals surface area contributed by atoms with Crippen molar-refractivity contribution >= 4 is 136 Å². The number of hydrogen-bond acceptors (Lipinski definition) is 4. The number of nitrogens with one attached hydrogen (secondary N) is 1. The molecular weight excluding hydrogens is 286 g/mol. The molecule has 0 aromatic carbocycles. The van der Waals surface area contributed by atoms with E-state index >= 15 is 0 Å². The van der Waals surface area contributed by atoms with Gasteiger partial charge in [0, 0.05) is 6.42 Å². The molecule has 0 bridgehead atoms. The van der Waals surface area contributed by atoms with Gasteiger partial charge < -0.3 is 15.3 Å². The van der Waals surface area contributed by atoms with Gasteiger partial charge in [-0.05, 0) is 6.42 Å². The van der Waals surface area contributed by atoms with Crippen LogP contribution >= 0.6 is 0 Å². The molecular formula is C7H15NNa4O6. The summed E-state index contributed by atoms with van der Waals surface area (Å²) in [6.07, 6.45) is -0.457. The SMILES string of the molecule is O=C(O)CCC(NCC(=O)O)C(=O)O.[NaH].[NaH].[NaH].[NaH]. The van der Waals surface area contributed by atoms with Crippen LogP contribution in [0.2, 0.25) is 0 Å². The molecule has 0 fully saturated rings. The van der Waals surface area contributed by atoms with E-state index in [2.05, 4.69) is 5.32 Å². The number of aliphatic carboxylic acids is 3. The van der Waals surface area contributed by atoms with E-state index in [1.165, 1.54) is 0 Å². The van der Waals surface area contributed by atoms with Crippen molar-refractivity contribution in [2.75, 3.05) is 6.54 Å². The predicted molar refractivity (Wildman–Crippen MR) is 72.5 cm³/mol. The van der Waals surface area contributed by atoms with Crippen LogP contribution in [0.25, 0.3) is 0 Å². The zero-order chi connectivity index (χ0) is 11.1. The van der Waals surface area contributed by atoms with E-state index in [0.29, 0.717) is 0 Å². The van der Waals surface area contributed by atoms with Crippen LogP contribution in [0, 0.1) is 0 Å². The molecule has 0 spiro atoms. The molecule has 0 radical (unpaired) electrons. The molecule has 88 valence electrons. The third-order valence-electron chi connectivity index (χ3n) is 1.44. The second kappa shape index (κ2) is 19.4. The van der Waals surface area contributed by atoms with Crippen molar-refractivity contribution < 1.29 is 29.7 Å². The van der Waals surface area contributed by atoms with Gasteiger partial charge in [-0.3, -0.25) is 19.7 Å². The van der Waals surface area contributed by atoms with E-state index in [-0.39, 0.29) is 131 Å². The van der Waals surface area contributed by atoms with Crippen LogP contribution in [-0.2, 0) is 14.4 Å². The van der Waals surface area contributed by atoms with Crippen molar-refractivity contribution in [3.8, 4) is 0 Å². The topological polar surface area (TPSA) is 124 Å². The van der Waals surface area contributed by atoms with Crippen LogP contribution < -0.4 is 5.32 Å². The first-order valence-electron chi connectivity index (χ1n) is 3.83. The van der Waals surface area contributed by atoms with Crippen molar-refractivity contribution in [2.24, 2.45) is 0 Å². The van der Waals surface area contributed by atoms with Crippen molar-refractivity contribution in [3.63, 3.8) is 0 Å². The molecule has 0 aromatic rings. The molecule has 11 heteroatoms. The third kappa shape index (κ3) is 20.7. The van der Waals surface area contributed by atoms with Crippen molar-refractivity contribution in [2.45, 2.75) is 18.9 Å². The van der Waals surface area contributed by atoms with Gasteiger partial charge in [-0.1, -0.05) is 0 Å². The molecule has 0 saturated carbocycles. The normalized spacial score (nSPS) is 9.33. The summed E-state index contributed by atoms with van der Waals surface area (Å²) >= 11 is 0. The third-order valence-corrected chi connectivity index (χ3v) is 1.44. The summed E-state index contributed by atoms with van der Waals surface area (Å²) in [5.74, 6) is -3.56. The fraction of sp³-hybridized carbons (Fsp3) is 0.571. The average molecular weight is 301 g/mol. The maximum atomic E-state index is 10.5. The van der Waals surface area contributed by atoms with E-state index in [4.69, 9.17) is 15.3 Å². The zero-order valence-electron chi connectivity index (χ0n) is 7.27. The summed E-state index contributed by atoms with van der Waals surface area (Å²) in [5, 5.41) is 27.3. The Labute approximate surface area is 193 Å².